The van der Waals surface area contributed by atoms with Gasteiger partial charge in [0.1, 0.15) is 17.3 Å². The van der Waals surface area contributed by atoms with Crippen LogP contribution in [-0.4, -0.2) is 47.6 Å². The van der Waals surface area contributed by atoms with E-state index in [1.807, 2.05) is 11.8 Å². The molecular weight excluding hydrogens is 374 g/mol. The Hall–Kier alpha value is -2.94. The van der Waals surface area contributed by atoms with Crippen molar-refractivity contribution >= 4 is 17.6 Å². The van der Waals surface area contributed by atoms with Crippen LogP contribution in [0.3, 0.4) is 0 Å². The molecule has 1 aliphatic carbocycles. The maximum absolute atomic E-state index is 12.8. The summed E-state index contributed by atoms with van der Waals surface area (Å²) < 4.78 is 11.2. The van der Waals surface area contributed by atoms with Gasteiger partial charge in [-0.1, -0.05) is 0 Å². The zero-order valence-electron chi connectivity index (χ0n) is 16.4. The fourth-order valence-electron chi connectivity index (χ4n) is 3.92. The highest BCUT2D eigenvalue weighted by molar-refractivity contribution is 5.97. The molecule has 9 heteroatoms. The number of hydrogen-bond donors (Lipinski definition) is 2. The van der Waals surface area contributed by atoms with Crippen molar-refractivity contribution in [3.05, 3.63) is 40.7 Å². The van der Waals surface area contributed by atoms with Gasteiger partial charge in [-0.05, 0) is 26.2 Å². The molecule has 1 unspecified atom stereocenters. The van der Waals surface area contributed by atoms with Gasteiger partial charge in [0.05, 0.1) is 43.3 Å². The van der Waals surface area contributed by atoms with Crippen LogP contribution >= 0.6 is 0 Å². The molecule has 3 heterocycles. The van der Waals surface area contributed by atoms with Gasteiger partial charge >= 0.3 is 0 Å². The van der Waals surface area contributed by atoms with Crippen LogP contribution in [0.1, 0.15) is 46.0 Å². The van der Waals surface area contributed by atoms with Crippen LogP contribution < -0.4 is 16.0 Å². The Morgan fingerprint density at radius 3 is 2.97 bits per heavy atom. The number of aryl methyl sites for hydroxylation is 2. The number of furan rings is 1. The van der Waals surface area contributed by atoms with E-state index in [2.05, 4.69) is 15.3 Å². The number of carbonyl (C=O) groups is 2. The first-order valence-electron chi connectivity index (χ1n) is 9.89. The summed E-state index contributed by atoms with van der Waals surface area (Å²) in [6.45, 7) is 3.40. The Morgan fingerprint density at radius 2 is 2.14 bits per heavy atom. The molecule has 29 heavy (non-hydrogen) atoms. The van der Waals surface area contributed by atoms with Crippen LogP contribution in [0.25, 0.3) is 0 Å². The molecule has 2 aliphatic rings. The third-order valence-corrected chi connectivity index (χ3v) is 5.38. The number of fused-ring (bicyclic) bond motifs is 1. The standard InChI is InChI=1S/C20H25N5O4/c1-12-18(14-4-2-3-5-15(14)29-12)20(27)23-9-13-8-22-10-17(24-13)25-6-7-28-16(11-25)19(21)26/h8,10,16H,2-7,9,11H2,1H3,(H2,21,26)(H,23,27). The normalized spacial score (nSPS) is 18.9. The largest absolute Gasteiger partial charge is 0.465 e. The number of ether oxygens (including phenoxy) is 1. The molecule has 154 valence electrons. The van der Waals surface area contributed by atoms with E-state index in [9.17, 15) is 9.59 Å². The second-order valence-corrected chi connectivity index (χ2v) is 7.40. The van der Waals surface area contributed by atoms with E-state index in [-0.39, 0.29) is 12.5 Å². The van der Waals surface area contributed by atoms with Gasteiger partial charge in [-0.2, -0.15) is 0 Å². The van der Waals surface area contributed by atoms with Gasteiger partial charge in [-0.25, -0.2) is 4.98 Å². The Bertz CT molecular complexity index is 926. The number of primary amides is 1. The van der Waals surface area contributed by atoms with Crippen molar-refractivity contribution in [3.8, 4) is 0 Å². The van der Waals surface area contributed by atoms with Crippen LogP contribution in [0.2, 0.25) is 0 Å². The summed E-state index contributed by atoms with van der Waals surface area (Å²) in [6.07, 6.45) is 6.53. The fourth-order valence-corrected chi connectivity index (χ4v) is 3.92. The quantitative estimate of drug-likeness (QED) is 0.765. The van der Waals surface area contributed by atoms with Crippen molar-refractivity contribution in [2.24, 2.45) is 5.73 Å². The van der Waals surface area contributed by atoms with Crippen LogP contribution in [0, 0.1) is 6.92 Å². The smallest absolute Gasteiger partial charge is 0.255 e. The summed E-state index contributed by atoms with van der Waals surface area (Å²) in [6, 6.07) is 0. The second-order valence-electron chi connectivity index (χ2n) is 7.40. The van der Waals surface area contributed by atoms with Crippen LogP contribution in [-0.2, 0) is 28.9 Å². The molecule has 0 radical (unpaired) electrons. The highest BCUT2D eigenvalue weighted by Crippen LogP contribution is 2.29. The molecule has 0 bridgehead atoms. The SMILES string of the molecule is Cc1oc2c(c1C(=O)NCc1cncc(N3CCOC(C(N)=O)C3)n1)CCCC2. The first-order valence-corrected chi connectivity index (χ1v) is 9.89. The topological polar surface area (TPSA) is 124 Å². The Labute approximate surface area is 168 Å². The second kappa shape index (κ2) is 8.20. The maximum atomic E-state index is 12.8. The zero-order valence-corrected chi connectivity index (χ0v) is 16.4. The van der Waals surface area contributed by atoms with Gasteiger partial charge in [-0.15, -0.1) is 0 Å². The number of rotatable bonds is 5. The van der Waals surface area contributed by atoms with E-state index >= 15 is 0 Å². The summed E-state index contributed by atoms with van der Waals surface area (Å²) in [5.41, 5.74) is 7.67. The molecule has 2 amide bonds. The van der Waals surface area contributed by atoms with Crippen molar-refractivity contribution in [2.75, 3.05) is 24.6 Å². The zero-order chi connectivity index (χ0) is 20.4. The van der Waals surface area contributed by atoms with Gasteiger partial charge in [0.15, 0.2) is 6.10 Å². The van der Waals surface area contributed by atoms with Gasteiger partial charge in [-0.3, -0.25) is 14.6 Å². The summed E-state index contributed by atoms with van der Waals surface area (Å²) in [7, 11) is 0. The summed E-state index contributed by atoms with van der Waals surface area (Å²) in [4.78, 5) is 34.9. The Balaban J connectivity index is 1.43. The monoisotopic (exact) mass is 399 g/mol. The minimum atomic E-state index is -0.663. The predicted molar refractivity (Wildman–Crippen MR) is 104 cm³/mol. The molecule has 0 spiro atoms. The lowest BCUT2D eigenvalue weighted by Crippen LogP contribution is -2.48. The third-order valence-electron chi connectivity index (χ3n) is 5.38. The van der Waals surface area contributed by atoms with Crippen LogP contribution in [0.15, 0.2) is 16.8 Å². The molecule has 1 atom stereocenters. The number of amides is 2. The average molecular weight is 399 g/mol. The van der Waals surface area contributed by atoms with E-state index < -0.39 is 12.0 Å². The number of anilines is 1. The molecule has 0 aromatic carbocycles. The van der Waals surface area contributed by atoms with Gasteiger partial charge in [0, 0.05) is 18.5 Å². The minimum absolute atomic E-state index is 0.151. The maximum Gasteiger partial charge on any atom is 0.255 e. The van der Waals surface area contributed by atoms with Gasteiger partial charge in [0.2, 0.25) is 5.91 Å². The van der Waals surface area contributed by atoms with Crippen molar-refractivity contribution in [1.29, 1.82) is 0 Å². The molecule has 1 aliphatic heterocycles. The molecular formula is C20H25N5O4. The highest BCUT2D eigenvalue weighted by atomic mass is 16.5. The number of nitrogens with zero attached hydrogens (tertiary/aromatic N) is 3. The van der Waals surface area contributed by atoms with Crippen molar-refractivity contribution in [2.45, 2.75) is 45.3 Å². The van der Waals surface area contributed by atoms with E-state index in [4.69, 9.17) is 14.9 Å². The first-order chi connectivity index (χ1) is 14.0. The third kappa shape index (κ3) is 4.09. The van der Waals surface area contributed by atoms with Crippen molar-refractivity contribution in [1.82, 2.24) is 15.3 Å². The molecule has 2 aromatic rings. The molecule has 9 nitrogen and oxygen atoms in total. The van der Waals surface area contributed by atoms with Crippen LogP contribution in [0.5, 0.6) is 0 Å². The number of nitrogens with two attached hydrogens (primary N) is 1. The van der Waals surface area contributed by atoms with E-state index in [1.54, 1.807) is 12.4 Å². The Morgan fingerprint density at radius 1 is 1.31 bits per heavy atom. The number of nitrogens with one attached hydrogen (secondary N) is 1. The number of morpholine rings is 1. The molecule has 2 aromatic heterocycles. The van der Waals surface area contributed by atoms with E-state index in [1.165, 1.54) is 0 Å². The minimum Gasteiger partial charge on any atom is -0.465 e. The summed E-state index contributed by atoms with van der Waals surface area (Å²) in [5.74, 6) is 1.59. The number of hydrogen-bond acceptors (Lipinski definition) is 7. The molecule has 3 N–H and O–H groups in total. The van der Waals surface area contributed by atoms with E-state index in [0.29, 0.717) is 42.5 Å². The Kier molecular flexibility index (Phi) is 5.48. The lowest BCUT2D eigenvalue weighted by Gasteiger charge is -2.32. The molecule has 4 rings (SSSR count). The first kappa shape index (κ1) is 19.4. The fraction of sp³-hybridized carbons (Fsp3) is 0.500. The number of aromatic nitrogens is 2. The lowest BCUT2D eigenvalue weighted by atomic mass is 9.94. The van der Waals surface area contributed by atoms with E-state index in [0.717, 1.165) is 37.0 Å². The average Bonchev–Trinajstić information content (AvgIpc) is 3.08. The van der Waals surface area contributed by atoms with Crippen LogP contribution in [0.4, 0.5) is 5.82 Å². The van der Waals surface area contributed by atoms with Gasteiger partial charge in [0.25, 0.3) is 5.91 Å². The van der Waals surface area contributed by atoms with Gasteiger partial charge < -0.3 is 25.1 Å². The molecule has 1 fully saturated rings. The number of carbonyl (C=O) groups excluding carboxylic acids is 2. The highest BCUT2D eigenvalue weighted by Gasteiger charge is 2.27. The molecule has 1 saturated heterocycles. The molecule has 0 saturated carbocycles. The summed E-state index contributed by atoms with van der Waals surface area (Å²) in [5, 5.41) is 2.93. The van der Waals surface area contributed by atoms with Crippen molar-refractivity contribution in [3.63, 3.8) is 0 Å². The van der Waals surface area contributed by atoms with Crippen molar-refractivity contribution < 1.29 is 18.7 Å². The predicted octanol–water partition coefficient (Wildman–Crippen LogP) is 0.877. The summed E-state index contributed by atoms with van der Waals surface area (Å²) >= 11 is 0. The lowest BCUT2D eigenvalue weighted by molar-refractivity contribution is -0.130.